The summed E-state index contributed by atoms with van der Waals surface area (Å²) in [7, 11) is 1.45. The van der Waals surface area contributed by atoms with E-state index in [2.05, 4.69) is 17.0 Å². The summed E-state index contributed by atoms with van der Waals surface area (Å²) in [4.78, 5) is 11.0. The van der Waals surface area contributed by atoms with Crippen molar-refractivity contribution in [2.45, 2.75) is 102 Å². The second kappa shape index (κ2) is 11.9. The number of hydrogen-bond donors (Lipinski definition) is 2. The summed E-state index contributed by atoms with van der Waals surface area (Å²) in [5.74, 6) is -0.0981. The highest BCUT2D eigenvalue weighted by molar-refractivity contribution is 5.68. The van der Waals surface area contributed by atoms with Crippen molar-refractivity contribution in [1.82, 2.24) is 5.32 Å². The summed E-state index contributed by atoms with van der Waals surface area (Å²) in [6.07, 6.45) is 14.1. The molecule has 0 aromatic heterocycles. The van der Waals surface area contributed by atoms with Gasteiger partial charge in [0.15, 0.2) is 0 Å². The van der Waals surface area contributed by atoms with Crippen LogP contribution in [0.3, 0.4) is 0 Å². The summed E-state index contributed by atoms with van der Waals surface area (Å²) < 4.78 is 4.64. The number of esters is 1. The standard InChI is InChI=1S/C19H37NO3/c1-3-4-5-9-12-17(21)15-19(16-20-19)14-11-8-6-7-10-13-18(22)23-2/h17,20-21H,3-16H2,1-2H3/t17-,19+/m1/s1. The fourth-order valence-electron chi connectivity index (χ4n) is 3.27. The first kappa shape index (κ1) is 20.4. The number of carbonyl (C=O) groups is 1. The fraction of sp³-hybridized carbons (Fsp3) is 0.947. The highest BCUT2D eigenvalue weighted by atomic mass is 16.5. The maximum Gasteiger partial charge on any atom is 0.305 e. The van der Waals surface area contributed by atoms with Gasteiger partial charge in [-0.05, 0) is 25.7 Å². The van der Waals surface area contributed by atoms with E-state index in [1.165, 1.54) is 52.1 Å². The minimum Gasteiger partial charge on any atom is -0.469 e. The lowest BCUT2D eigenvalue weighted by Crippen LogP contribution is -2.23. The first-order valence-corrected chi connectivity index (χ1v) is 9.62. The van der Waals surface area contributed by atoms with Crippen molar-refractivity contribution in [2.24, 2.45) is 0 Å². The maximum atomic E-state index is 11.0. The number of aliphatic hydroxyl groups excluding tert-OH is 1. The molecule has 2 N–H and O–H groups in total. The predicted octanol–water partition coefficient (Wildman–Crippen LogP) is 3.95. The monoisotopic (exact) mass is 327 g/mol. The molecule has 0 aromatic carbocycles. The Labute approximate surface area is 142 Å². The van der Waals surface area contributed by atoms with E-state index < -0.39 is 0 Å². The van der Waals surface area contributed by atoms with Gasteiger partial charge in [0.1, 0.15) is 0 Å². The zero-order valence-electron chi connectivity index (χ0n) is 15.2. The van der Waals surface area contributed by atoms with E-state index in [1.54, 1.807) is 0 Å². The molecule has 1 fully saturated rings. The Morgan fingerprint density at radius 1 is 1.13 bits per heavy atom. The average molecular weight is 328 g/mol. The molecule has 1 rings (SSSR count). The number of nitrogens with one attached hydrogen (secondary N) is 1. The Balaban J connectivity index is 1.98. The third-order valence-electron chi connectivity index (χ3n) is 4.96. The van der Waals surface area contributed by atoms with Crippen LogP contribution in [0.15, 0.2) is 0 Å². The molecule has 4 heteroatoms. The van der Waals surface area contributed by atoms with E-state index in [0.717, 1.165) is 38.6 Å². The Morgan fingerprint density at radius 2 is 1.78 bits per heavy atom. The van der Waals surface area contributed by atoms with E-state index in [1.807, 2.05) is 0 Å². The Hall–Kier alpha value is -0.610. The molecule has 0 bridgehead atoms. The zero-order valence-corrected chi connectivity index (χ0v) is 15.2. The van der Waals surface area contributed by atoms with Crippen LogP contribution in [0.1, 0.15) is 90.4 Å². The third kappa shape index (κ3) is 9.98. The van der Waals surface area contributed by atoms with Crippen molar-refractivity contribution in [3.05, 3.63) is 0 Å². The van der Waals surface area contributed by atoms with Gasteiger partial charge in [0.25, 0.3) is 0 Å². The summed E-state index contributed by atoms with van der Waals surface area (Å²) in [6, 6.07) is 0. The molecule has 0 amide bonds. The molecule has 0 aliphatic carbocycles. The summed E-state index contributed by atoms with van der Waals surface area (Å²) in [5, 5.41) is 13.7. The molecule has 136 valence electrons. The minimum absolute atomic E-state index is 0.0981. The number of carbonyl (C=O) groups excluding carboxylic acids is 1. The van der Waals surface area contributed by atoms with E-state index in [-0.39, 0.29) is 17.6 Å². The summed E-state index contributed by atoms with van der Waals surface area (Å²) in [5.41, 5.74) is 0.232. The lowest BCUT2D eigenvalue weighted by atomic mass is 9.92. The Morgan fingerprint density at radius 3 is 2.43 bits per heavy atom. The van der Waals surface area contributed by atoms with Gasteiger partial charge < -0.3 is 15.2 Å². The second-order valence-electron chi connectivity index (χ2n) is 7.19. The van der Waals surface area contributed by atoms with Crippen LogP contribution in [0, 0.1) is 0 Å². The van der Waals surface area contributed by atoms with Crippen LogP contribution in [0.4, 0.5) is 0 Å². The smallest absolute Gasteiger partial charge is 0.305 e. The van der Waals surface area contributed by atoms with Crippen LogP contribution in [0.25, 0.3) is 0 Å². The van der Waals surface area contributed by atoms with Crippen LogP contribution < -0.4 is 5.32 Å². The first-order chi connectivity index (χ1) is 11.1. The second-order valence-corrected chi connectivity index (χ2v) is 7.19. The number of hydrogen-bond acceptors (Lipinski definition) is 4. The molecule has 0 spiro atoms. The van der Waals surface area contributed by atoms with Crippen molar-refractivity contribution in [3.8, 4) is 0 Å². The molecular weight excluding hydrogens is 290 g/mol. The van der Waals surface area contributed by atoms with E-state index in [0.29, 0.717) is 6.42 Å². The quantitative estimate of drug-likeness (QED) is 0.271. The van der Waals surface area contributed by atoms with Gasteiger partial charge >= 0.3 is 5.97 Å². The molecular formula is C19H37NO3. The number of aliphatic hydroxyl groups is 1. The van der Waals surface area contributed by atoms with Crippen molar-refractivity contribution >= 4 is 5.97 Å². The van der Waals surface area contributed by atoms with Gasteiger partial charge in [-0.25, -0.2) is 0 Å². The van der Waals surface area contributed by atoms with E-state index in [4.69, 9.17) is 0 Å². The largest absolute Gasteiger partial charge is 0.469 e. The molecule has 1 aliphatic rings. The van der Waals surface area contributed by atoms with Crippen LogP contribution in [-0.4, -0.2) is 36.4 Å². The highest BCUT2D eigenvalue weighted by Gasteiger charge is 2.42. The zero-order chi connectivity index (χ0) is 17.0. The molecule has 0 saturated carbocycles. The van der Waals surface area contributed by atoms with Gasteiger partial charge in [-0.3, -0.25) is 4.79 Å². The van der Waals surface area contributed by atoms with Gasteiger partial charge in [0.05, 0.1) is 13.2 Å². The predicted molar refractivity (Wildman–Crippen MR) is 94.5 cm³/mol. The molecule has 23 heavy (non-hydrogen) atoms. The Bertz CT molecular complexity index is 316. The SMILES string of the molecule is CCCCCC[C@@H](O)C[C@@]1(CCCCCCCC(=O)OC)CN1. The molecule has 1 saturated heterocycles. The first-order valence-electron chi connectivity index (χ1n) is 9.62. The van der Waals surface area contributed by atoms with Crippen LogP contribution in [0.2, 0.25) is 0 Å². The van der Waals surface area contributed by atoms with Crippen molar-refractivity contribution in [2.75, 3.05) is 13.7 Å². The average Bonchev–Trinajstić information content (AvgIpc) is 3.30. The number of methoxy groups -OCH3 is 1. The van der Waals surface area contributed by atoms with Gasteiger partial charge in [-0.15, -0.1) is 0 Å². The maximum absolute atomic E-state index is 11.0. The van der Waals surface area contributed by atoms with Crippen LogP contribution >= 0.6 is 0 Å². The minimum atomic E-state index is -0.137. The lowest BCUT2D eigenvalue weighted by molar-refractivity contribution is -0.140. The van der Waals surface area contributed by atoms with Crippen LogP contribution in [0.5, 0.6) is 0 Å². The Kier molecular flexibility index (Phi) is 10.5. The van der Waals surface area contributed by atoms with E-state index in [9.17, 15) is 9.90 Å². The summed E-state index contributed by atoms with van der Waals surface area (Å²) >= 11 is 0. The van der Waals surface area contributed by atoms with Crippen molar-refractivity contribution < 1.29 is 14.6 Å². The third-order valence-corrected chi connectivity index (χ3v) is 4.96. The number of unbranched alkanes of at least 4 members (excludes halogenated alkanes) is 7. The fourth-order valence-corrected chi connectivity index (χ4v) is 3.27. The highest BCUT2D eigenvalue weighted by Crippen LogP contribution is 2.31. The van der Waals surface area contributed by atoms with Gasteiger partial charge in [0, 0.05) is 18.5 Å². The molecule has 0 unspecified atom stereocenters. The van der Waals surface area contributed by atoms with Gasteiger partial charge in [-0.2, -0.15) is 0 Å². The molecule has 1 aliphatic heterocycles. The molecule has 2 atom stereocenters. The van der Waals surface area contributed by atoms with Crippen molar-refractivity contribution in [3.63, 3.8) is 0 Å². The number of ether oxygens (including phenoxy) is 1. The molecule has 1 heterocycles. The topological polar surface area (TPSA) is 68.5 Å². The van der Waals surface area contributed by atoms with Gasteiger partial charge in [-0.1, -0.05) is 58.3 Å². The molecule has 4 nitrogen and oxygen atoms in total. The summed E-state index contributed by atoms with van der Waals surface area (Å²) in [6.45, 7) is 3.29. The van der Waals surface area contributed by atoms with Crippen molar-refractivity contribution in [1.29, 1.82) is 0 Å². The molecule has 0 radical (unpaired) electrons. The normalized spacial score (nSPS) is 21.2. The molecule has 0 aromatic rings. The van der Waals surface area contributed by atoms with E-state index >= 15 is 0 Å². The van der Waals surface area contributed by atoms with Crippen LogP contribution in [-0.2, 0) is 9.53 Å². The van der Waals surface area contributed by atoms with Gasteiger partial charge in [0.2, 0.25) is 0 Å². The number of rotatable bonds is 15. The lowest BCUT2D eigenvalue weighted by Gasteiger charge is -2.18.